The molecule has 3 aliphatic rings. The van der Waals surface area contributed by atoms with Gasteiger partial charge in [-0.15, -0.1) is 0 Å². The lowest BCUT2D eigenvalue weighted by Crippen LogP contribution is -2.26. The second-order valence-corrected chi connectivity index (χ2v) is 7.96. The van der Waals surface area contributed by atoms with Crippen LogP contribution in [0.3, 0.4) is 0 Å². The monoisotopic (exact) mass is 333 g/mol. The van der Waals surface area contributed by atoms with E-state index in [0.717, 1.165) is 36.1 Å². The first-order chi connectivity index (χ1) is 9.79. The lowest BCUT2D eigenvalue weighted by atomic mass is 9.93. The van der Waals surface area contributed by atoms with Gasteiger partial charge >= 0.3 is 0 Å². The van der Waals surface area contributed by atoms with Crippen molar-refractivity contribution in [3.63, 3.8) is 0 Å². The number of benzene rings is 1. The Labute approximate surface area is 130 Å². The van der Waals surface area contributed by atoms with Crippen molar-refractivity contribution in [1.82, 2.24) is 5.32 Å². The highest BCUT2D eigenvalue weighted by molar-refractivity contribution is 9.10. The van der Waals surface area contributed by atoms with Crippen LogP contribution in [0.2, 0.25) is 0 Å². The van der Waals surface area contributed by atoms with Crippen molar-refractivity contribution in [2.45, 2.75) is 38.6 Å². The van der Waals surface area contributed by atoms with Gasteiger partial charge < -0.3 is 5.32 Å². The Morgan fingerprint density at radius 3 is 2.40 bits per heavy atom. The summed E-state index contributed by atoms with van der Waals surface area (Å²) in [4.78, 5) is 0. The van der Waals surface area contributed by atoms with Gasteiger partial charge in [0.2, 0.25) is 0 Å². The molecule has 5 unspecified atom stereocenters. The van der Waals surface area contributed by atoms with E-state index in [4.69, 9.17) is 0 Å². The molecule has 0 aromatic heterocycles. The standard InChI is InChI=1S/C18H24BrN/c1-2-9-20-18(11-5-7-14(19)8-6-11)17-15-12-3-4-13(10-12)16(15)17/h5-8,12-13,15-18,20H,2-4,9-10H2,1H3. The third-order valence-electron chi connectivity index (χ3n) is 6.02. The van der Waals surface area contributed by atoms with E-state index in [2.05, 4.69) is 52.4 Å². The maximum Gasteiger partial charge on any atom is 0.0354 e. The van der Waals surface area contributed by atoms with Crippen LogP contribution in [0.5, 0.6) is 0 Å². The molecule has 0 saturated heterocycles. The minimum Gasteiger partial charge on any atom is -0.310 e. The largest absolute Gasteiger partial charge is 0.310 e. The van der Waals surface area contributed by atoms with Crippen LogP contribution in [0, 0.1) is 29.6 Å². The van der Waals surface area contributed by atoms with E-state index in [0.29, 0.717) is 6.04 Å². The van der Waals surface area contributed by atoms with Crippen molar-refractivity contribution in [3.05, 3.63) is 34.3 Å². The van der Waals surface area contributed by atoms with Gasteiger partial charge in [-0.25, -0.2) is 0 Å². The maximum atomic E-state index is 3.85. The molecule has 20 heavy (non-hydrogen) atoms. The van der Waals surface area contributed by atoms with E-state index < -0.39 is 0 Å². The highest BCUT2D eigenvalue weighted by atomic mass is 79.9. The molecule has 1 N–H and O–H groups in total. The normalized spacial score (nSPS) is 38.8. The third-order valence-corrected chi connectivity index (χ3v) is 6.55. The number of hydrogen-bond donors (Lipinski definition) is 1. The average Bonchev–Trinajstić information content (AvgIpc) is 2.88. The fourth-order valence-electron chi connectivity index (χ4n) is 5.28. The number of hydrogen-bond acceptors (Lipinski definition) is 1. The first kappa shape index (κ1) is 13.3. The Hall–Kier alpha value is -0.340. The minimum absolute atomic E-state index is 0.599. The highest BCUT2D eigenvalue weighted by Crippen LogP contribution is 2.72. The first-order valence-corrected chi connectivity index (χ1v) is 9.07. The summed E-state index contributed by atoms with van der Waals surface area (Å²) < 4.78 is 1.19. The van der Waals surface area contributed by atoms with E-state index in [-0.39, 0.29) is 0 Å². The molecule has 0 heterocycles. The van der Waals surface area contributed by atoms with E-state index in [9.17, 15) is 0 Å². The molecule has 2 heteroatoms. The van der Waals surface area contributed by atoms with Crippen molar-refractivity contribution in [2.24, 2.45) is 29.6 Å². The molecule has 108 valence electrons. The van der Waals surface area contributed by atoms with Gasteiger partial charge in [-0.2, -0.15) is 0 Å². The summed E-state index contributed by atoms with van der Waals surface area (Å²) in [7, 11) is 0. The van der Waals surface area contributed by atoms with Crippen LogP contribution in [-0.4, -0.2) is 6.54 Å². The van der Waals surface area contributed by atoms with Crippen molar-refractivity contribution in [1.29, 1.82) is 0 Å². The van der Waals surface area contributed by atoms with Crippen LogP contribution in [0.1, 0.15) is 44.2 Å². The summed E-state index contributed by atoms with van der Waals surface area (Å²) in [5, 5.41) is 3.85. The lowest BCUT2D eigenvalue weighted by Gasteiger charge is -2.22. The Morgan fingerprint density at radius 1 is 1.15 bits per heavy atom. The van der Waals surface area contributed by atoms with E-state index >= 15 is 0 Å². The van der Waals surface area contributed by atoms with Crippen LogP contribution < -0.4 is 5.32 Å². The van der Waals surface area contributed by atoms with E-state index in [1.807, 2.05) is 0 Å². The van der Waals surface area contributed by atoms with Gasteiger partial charge in [0.1, 0.15) is 0 Å². The van der Waals surface area contributed by atoms with E-state index in [1.165, 1.54) is 29.3 Å². The number of fused-ring (bicyclic) bond motifs is 5. The summed E-state index contributed by atoms with van der Waals surface area (Å²) in [6, 6.07) is 9.62. The molecular formula is C18H24BrN. The fourth-order valence-corrected chi connectivity index (χ4v) is 5.55. The minimum atomic E-state index is 0.599. The molecule has 3 aliphatic carbocycles. The van der Waals surface area contributed by atoms with Gasteiger partial charge in [0.25, 0.3) is 0 Å². The highest BCUT2D eigenvalue weighted by Gasteiger charge is 2.66. The van der Waals surface area contributed by atoms with Gasteiger partial charge in [0.05, 0.1) is 0 Å². The Morgan fingerprint density at radius 2 is 1.80 bits per heavy atom. The Kier molecular flexibility index (Phi) is 3.42. The number of rotatable bonds is 5. The zero-order valence-corrected chi connectivity index (χ0v) is 13.8. The second-order valence-electron chi connectivity index (χ2n) is 7.05. The van der Waals surface area contributed by atoms with Gasteiger partial charge in [-0.3, -0.25) is 0 Å². The molecule has 1 nitrogen and oxygen atoms in total. The lowest BCUT2D eigenvalue weighted by molar-refractivity contribution is 0.370. The van der Waals surface area contributed by atoms with Gasteiger partial charge in [-0.05, 0) is 79.5 Å². The van der Waals surface area contributed by atoms with Crippen molar-refractivity contribution >= 4 is 15.9 Å². The molecule has 0 amide bonds. The average molecular weight is 334 g/mol. The Bertz CT molecular complexity index is 467. The van der Waals surface area contributed by atoms with E-state index in [1.54, 1.807) is 6.42 Å². The number of nitrogens with one attached hydrogen (secondary N) is 1. The molecule has 2 bridgehead atoms. The summed E-state index contributed by atoms with van der Waals surface area (Å²) in [6.45, 7) is 3.41. The zero-order valence-electron chi connectivity index (χ0n) is 12.2. The molecule has 3 fully saturated rings. The fraction of sp³-hybridized carbons (Fsp3) is 0.667. The Balaban J connectivity index is 1.56. The molecule has 4 rings (SSSR count). The molecular weight excluding hydrogens is 310 g/mol. The molecule has 0 spiro atoms. The predicted molar refractivity (Wildman–Crippen MR) is 86.5 cm³/mol. The molecule has 0 aliphatic heterocycles. The summed E-state index contributed by atoms with van der Waals surface area (Å²) >= 11 is 3.56. The third kappa shape index (κ3) is 2.07. The van der Waals surface area contributed by atoms with Crippen molar-refractivity contribution in [3.8, 4) is 0 Å². The molecule has 1 aromatic carbocycles. The van der Waals surface area contributed by atoms with Gasteiger partial charge in [0, 0.05) is 10.5 Å². The summed E-state index contributed by atoms with van der Waals surface area (Å²) in [5.41, 5.74) is 1.50. The maximum absolute atomic E-state index is 3.85. The summed E-state index contributed by atoms with van der Waals surface area (Å²) in [6.07, 6.45) is 5.81. The van der Waals surface area contributed by atoms with Gasteiger partial charge in [0.15, 0.2) is 0 Å². The topological polar surface area (TPSA) is 12.0 Å². The van der Waals surface area contributed by atoms with Crippen LogP contribution in [0.4, 0.5) is 0 Å². The van der Waals surface area contributed by atoms with Crippen LogP contribution in [0.15, 0.2) is 28.7 Å². The zero-order chi connectivity index (χ0) is 13.7. The summed E-state index contributed by atoms with van der Waals surface area (Å²) in [5.74, 6) is 5.15. The smallest absolute Gasteiger partial charge is 0.0354 e. The van der Waals surface area contributed by atoms with Gasteiger partial charge in [-0.1, -0.05) is 35.0 Å². The molecule has 3 saturated carbocycles. The van der Waals surface area contributed by atoms with Crippen molar-refractivity contribution < 1.29 is 0 Å². The molecule has 5 atom stereocenters. The van der Waals surface area contributed by atoms with Crippen LogP contribution in [0.25, 0.3) is 0 Å². The number of halogens is 1. The van der Waals surface area contributed by atoms with Crippen LogP contribution in [-0.2, 0) is 0 Å². The SMILES string of the molecule is CCCNC(c1ccc(Br)cc1)C1C2C3CCC(C3)C21. The predicted octanol–water partition coefficient (Wildman–Crippen LogP) is 4.78. The molecule has 1 aromatic rings. The second kappa shape index (κ2) is 5.14. The van der Waals surface area contributed by atoms with Crippen LogP contribution >= 0.6 is 15.9 Å². The quantitative estimate of drug-likeness (QED) is 0.817. The first-order valence-electron chi connectivity index (χ1n) is 8.28. The van der Waals surface area contributed by atoms with Crippen molar-refractivity contribution in [2.75, 3.05) is 6.54 Å². The molecule has 0 radical (unpaired) electrons.